The van der Waals surface area contributed by atoms with E-state index in [1.807, 2.05) is 4.90 Å². The molecule has 0 aromatic carbocycles. The average molecular weight is 359 g/mol. The maximum atomic E-state index is 13.4. The Morgan fingerprint density at radius 2 is 1.92 bits per heavy atom. The molecule has 2 saturated carbocycles. The van der Waals surface area contributed by atoms with Crippen LogP contribution in [0.1, 0.15) is 65.2 Å². The molecule has 2 heterocycles. The van der Waals surface area contributed by atoms with E-state index < -0.39 is 0 Å². The fourth-order valence-electron chi connectivity index (χ4n) is 6.13. The number of hydrogen-bond donors (Lipinski definition) is 0. The van der Waals surface area contributed by atoms with E-state index in [4.69, 9.17) is 0 Å². The van der Waals surface area contributed by atoms with Crippen molar-refractivity contribution in [2.24, 2.45) is 22.7 Å². The number of carbonyl (C=O) groups excluding carboxylic acids is 2. The molecule has 0 radical (unpaired) electrons. The minimum absolute atomic E-state index is 0.120. The summed E-state index contributed by atoms with van der Waals surface area (Å²) in [5, 5.41) is 0. The highest BCUT2D eigenvalue weighted by Gasteiger charge is 2.61. The first kappa shape index (κ1) is 18.1. The smallest absolute Gasteiger partial charge is 0.232 e. The zero-order chi connectivity index (χ0) is 18.5. The van der Waals surface area contributed by atoms with Crippen molar-refractivity contribution in [1.82, 2.24) is 9.80 Å². The number of nitrogens with zero attached hydrogens (tertiary/aromatic N) is 2. The van der Waals surface area contributed by atoms with Crippen molar-refractivity contribution in [2.45, 2.75) is 65.2 Å². The number of rotatable bonds is 4. The largest absolute Gasteiger partial charge is 0.343 e. The predicted octanol–water partition coefficient (Wildman–Crippen LogP) is 3.62. The zero-order valence-corrected chi connectivity index (χ0v) is 16.6. The molecule has 2 bridgehead atoms. The molecule has 0 unspecified atom stereocenters. The van der Waals surface area contributed by atoms with E-state index in [1.54, 1.807) is 0 Å². The second-order valence-corrected chi connectivity index (χ2v) is 9.73. The average Bonchev–Trinajstić information content (AvgIpc) is 3.30. The Balaban J connectivity index is 1.31. The van der Waals surface area contributed by atoms with Crippen LogP contribution >= 0.6 is 0 Å². The molecule has 4 aliphatic rings. The zero-order valence-electron chi connectivity index (χ0n) is 16.6. The van der Waals surface area contributed by atoms with Gasteiger partial charge in [-0.05, 0) is 62.2 Å². The summed E-state index contributed by atoms with van der Waals surface area (Å²) >= 11 is 0. The Morgan fingerprint density at radius 3 is 2.50 bits per heavy atom. The number of piperidine rings is 1. The summed E-state index contributed by atoms with van der Waals surface area (Å²) in [5.74, 6) is 1.98. The van der Waals surface area contributed by atoms with E-state index in [0.717, 1.165) is 71.1 Å². The number of fused-ring (bicyclic) bond motifs is 2. The van der Waals surface area contributed by atoms with Gasteiger partial charge in [-0.15, -0.1) is 0 Å². The maximum absolute atomic E-state index is 13.4. The number of carbonyl (C=O) groups is 2. The van der Waals surface area contributed by atoms with Gasteiger partial charge in [0.05, 0.1) is 5.41 Å². The van der Waals surface area contributed by atoms with Crippen LogP contribution in [0.2, 0.25) is 0 Å². The molecule has 4 rings (SSSR count). The monoisotopic (exact) mass is 358 g/mol. The highest BCUT2D eigenvalue weighted by atomic mass is 16.2. The van der Waals surface area contributed by atoms with Crippen molar-refractivity contribution in [1.29, 1.82) is 0 Å². The van der Waals surface area contributed by atoms with E-state index in [-0.39, 0.29) is 10.8 Å². The van der Waals surface area contributed by atoms with Crippen LogP contribution in [0.15, 0.2) is 12.2 Å². The summed E-state index contributed by atoms with van der Waals surface area (Å²) in [6, 6.07) is 0. The van der Waals surface area contributed by atoms with Gasteiger partial charge >= 0.3 is 0 Å². The summed E-state index contributed by atoms with van der Waals surface area (Å²) < 4.78 is 0. The molecular formula is C22H34N2O2. The van der Waals surface area contributed by atoms with Gasteiger partial charge in [0.2, 0.25) is 11.8 Å². The molecule has 2 saturated heterocycles. The molecule has 0 spiro atoms. The maximum Gasteiger partial charge on any atom is 0.232 e. The predicted molar refractivity (Wildman–Crippen MR) is 102 cm³/mol. The van der Waals surface area contributed by atoms with Crippen LogP contribution in [0, 0.1) is 22.7 Å². The van der Waals surface area contributed by atoms with Crippen molar-refractivity contribution in [2.75, 3.05) is 26.2 Å². The Hall–Kier alpha value is -1.32. The summed E-state index contributed by atoms with van der Waals surface area (Å²) in [4.78, 5) is 29.3. The Morgan fingerprint density at radius 1 is 1.19 bits per heavy atom. The van der Waals surface area contributed by atoms with Crippen LogP contribution in [-0.4, -0.2) is 47.8 Å². The van der Waals surface area contributed by atoms with Gasteiger partial charge < -0.3 is 9.80 Å². The highest BCUT2D eigenvalue weighted by molar-refractivity contribution is 5.87. The van der Waals surface area contributed by atoms with Gasteiger partial charge in [-0.1, -0.05) is 26.0 Å². The molecule has 0 aromatic rings. The Bertz CT molecular complexity index is 618. The minimum Gasteiger partial charge on any atom is -0.343 e. The molecular weight excluding hydrogens is 324 g/mol. The van der Waals surface area contributed by atoms with E-state index in [1.165, 1.54) is 12.0 Å². The molecule has 2 atom stereocenters. The molecule has 0 aromatic heterocycles. The highest BCUT2D eigenvalue weighted by Crippen LogP contribution is 2.66. The molecule has 0 N–H and O–H groups in total. The van der Waals surface area contributed by atoms with Crippen molar-refractivity contribution in [3.8, 4) is 0 Å². The van der Waals surface area contributed by atoms with E-state index in [9.17, 15) is 9.59 Å². The van der Waals surface area contributed by atoms with Crippen LogP contribution in [0.3, 0.4) is 0 Å². The second kappa shape index (κ2) is 6.38. The van der Waals surface area contributed by atoms with Gasteiger partial charge in [-0.2, -0.15) is 0 Å². The first-order valence-corrected chi connectivity index (χ1v) is 10.6. The van der Waals surface area contributed by atoms with Gasteiger partial charge in [0.25, 0.3) is 0 Å². The number of amides is 2. The van der Waals surface area contributed by atoms with Gasteiger partial charge in [0.1, 0.15) is 0 Å². The van der Waals surface area contributed by atoms with Crippen LogP contribution in [0.5, 0.6) is 0 Å². The first-order valence-electron chi connectivity index (χ1n) is 10.6. The van der Waals surface area contributed by atoms with Crippen LogP contribution in [0.25, 0.3) is 0 Å². The summed E-state index contributed by atoms with van der Waals surface area (Å²) in [6.07, 6.45) is 8.24. The minimum atomic E-state index is -0.261. The molecule has 2 amide bonds. The quantitative estimate of drug-likeness (QED) is 0.720. The van der Waals surface area contributed by atoms with Gasteiger partial charge in [-0.3, -0.25) is 9.59 Å². The molecule has 26 heavy (non-hydrogen) atoms. The summed E-state index contributed by atoms with van der Waals surface area (Å²) in [7, 11) is 0. The third kappa shape index (κ3) is 2.71. The van der Waals surface area contributed by atoms with E-state index in [0.29, 0.717) is 23.7 Å². The fourth-order valence-corrected chi connectivity index (χ4v) is 6.13. The molecule has 144 valence electrons. The number of hydrogen-bond acceptors (Lipinski definition) is 2. The third-order valence-corrected chi connectivity index (χ3v) is 8.18. The van der Waals surface area contributed by atoms with Gasteiger partial charge in [-0.25, -0.2) is 0 Å². The lowest BCUT2D eigenvalue weighted by Crippen LogP contribution is -2.47. The van der Waals surface area contributed by atoms with Gasteiger partial charge in [0, 0.05) is 32.6 Å². The number of likely N-dealkylation sites (tertiary alicyclic amines) is 2. The topological polar surface area (TPSA) is 40.6 Å². The molecule has 2 aliphatic heterocycles. The second-order valence-electron chi connectivity index (χ2n) is 9.73. The normalized spacial score (nSPS) is 34.2. The SMILES string of the molecule is C=C1C(C)(C)[C@@H]2CC[C@]1(C(=O)N1CCC(CCN3CCCC3=O)CC1)C2. The lowest BCUT2D eigenvalue weighted by Gasteiger charge is -2.41. The Labute approximate surface area is 158 Å². The first-order chi connectivity index (χ1) is 12.3. The van der Waals surface area contributed by atoms with Crippen LogP contribution in [-0.2, 0) is 9.59 Å². The molecule has 4 nitrogen and oxygen atoms in total. The Kier molecular flexibility index (Phi) is 4.44. The fraction of sp³-hybridized carbons (Fsp3) is 0.818. The van der Waals surface area contributed by atoms with Gasteiger partial charge in [0.15, 0.2) is 0 Å². The van der Waals surface area contributed by atoms with Crippen LogP contribution < -0.4 is 0 Å². The summed E-state index contributed by atoms with van der Waals surface area (Å²) in [5.41, 5.74) is 1.05. The molecule has 4 fully saturated rings. The van der Waals surface area contributed by atoms with Crippen molar-refractivity contribution in [3.05, 3.63) is 12.2 Å². The standard InChI is InChI=1S/C22H34N2O2/c1-16-21(2,3)18-6-10-22(16,15-18)20(26)24-13-8-17(9-14-24)7-12-23-11-4-5-19(23)25/h17-18H,1,4-15H2,2-3H3/t18-,22+/m1/s1. The van der Waals surface area contributed by atoms with Crippen LogP contribution in [0.4, 0.5) is 0 Å². The summed E-state index contributed by atoms with van der Waals surface area (Å²) in [6.45, 7) is 12.6. The van der Waals surface area contributed by atoms with E-state index in [2.05, 4.69) is 25.3 Å². The van der Waals surface area contributed by atoms with Crippen molar-refractivity contribution in [3.63, 3.8) is 0 Å². The lowest BCUT2D eigenvalue weighted by molar-refractivity contribution is -0.141. The van der Waals surface area contributed by atoms with E-state index >= 15 is 0 Å². The van der Waals surface area contributed by atoms with Crippen molar-refractivity contribution >= 4 is 11.8 Å². The lowest BCUT2D eigenvalue weighted by atomic mass is 9.68. The third-order valence-electron chi connectivity index (χ3n) is 8.18. The van der Waals surface area contributed by atoms with Crippen molar-refractivity contribution < 1.29 is 9.59 Å². The molecule has 4 heteroatoms. The molecule has 2 aliphatic carbocycles.